The maximum atomic E-state index is 12.7. The molecule has 1 saturated heterocycles. The van der Waals surface area contributed by atoms with Gasteiger partial charge >= 0.3 is 11.9 Å². The molecule has 0 radical (unpaired) electrons. The maximum absolute atomic E-state index is 12.7. The van der Waals surface area contributed by atoms with Gasteiger partial charge in [-0.2, -0.15) is 0 Å². The monoisotopic (exact) mass is 297 g/mol. The number of hydrogen-bond acceptors (Lipinski definition) is 5. The van der Waals surface area contributed by atoms with E-state index < -0.39 is 18.0 Å². The predicted octanol–water partition coefficient (Wildman–Crippen LogP) is 2.20. The van der Waals surface area contributed by atoms with Crippen molar-refractivity contribution >= 4 is 22.8 Å². The van der Waals surface area contributed by atoms with Crippen molar-refractivity contribution in [2.24, 2.45) is 0 Å². The number of ether oxygens (including phenoxy) is 2. The largest absolute Gasteiger partial charge is 0.463 e. The third-order valence-corrected chi connectivity index (χ3v) is 4.26. The van der Waals surface area contributed by atoms with Crippen molar-refractivity contribution in [1.29, 1.82) is 0 Å². The number of benzene rings is 1. The highest BCUT2D eigenvalue weighted by molar-refractivity contribution is 6.05. The topological polar surface area (TPSA) is 65.5 Å². The summed E-state index contributed by atoms with van der Waals surface area (Å²) in [7, 11) is 0. The smallest absolute Gasteiger partial charge is 0.347 e. The zero-order chi connectivity index (χ0) is 15.1. The third-order valence-electron chi connectivity index (χ3n) is 4.26. The molecule has 1 aromatic heterocycles. The second-order valence-electron chi connectivity index (χ2n) is 5.63. The summed E-state index contributed by atoms with van der Waals surface area (Å²) in [5.74, 6) is -0.899. The van der Waals surface area contributed by atoms with Gasteiger partial charge in [0.15, 0.2) is 0 Å². The Morgan fingerprint density at radius 3 is 2.95 bits per heavy atom. The molecule has 5 nitrogen and oxygen atoms in total. The maximum Gasteiger partial charge on any atom is 0.347 e. The minimum Gasteiger partial charge on any atom is -0.463 e. The first-order valence-electron chi connectivity index (χ1n) is 7.52. The highest BCUT2D eigenvalue weighted by Crippen LogP contribution is 2.31. The van der Waals surface area contributed by atoms with Gasteiger partial charge in [-0.05, 0) is 30.9 Å². The van der Waals surface area contributed by atoms with Crippen LogP contribution in [0.2, 0.25) is 0 Å². The molecule has 2 aliphatic rings. The standard InChI is InChI=1S/C17H15NO4/c19-16-14(8-9-21-16)22-17(20)15-10-4-1-2-6-12(10)18-13-7-3-5-11(13)15/h1-2,4,6,14H,3,5,7-9H2/t14-/m0/s1. The van der Waals surface area contributed by atoms with Crippen molar-refractivity contribution in [3.8, 4) is 0 Å². The van der Waals surface area contributed by atoms with E-state index in [-0.39, 0.29) is 0 Å². The number of rotatable bonds is 2. The number of fused-ring (bicyclic) bond motifs is 2. The highest BCUT2D eigenvalue weighted by atomic mass is 16.6. The third kappa shape index (κ3) is 2.04. The number of pyridine rings is 1. The summed E-state index contributed by atoms with van der Waals surface area (Å²) < 4.78 is 10.3. The van der Waals surface area contributed by atoms with Gasteiger partial charge in [-0.3, -0.25) is 4.98 Å². The van der Waals surface area contributed by atoms with Crippen LogP contribution in [0, 0.1) is 0 Å². The van der Waals surface area contributed by atoms with Crippen LogP contribution in [0.4, 0.5) is 0 Å². The van der Waals surface area contributed by atoms with Gasteiger partial charge in [0.1, 0.15) is 0 Å². The lowest BCUT2D eigenvalue weighted by Crippen LogP contribution is -2.23. The van der Waals surface area contributed by atoms with Crippen LogP contribution < -0.4 is 0 Å². The summed E-state index contributed by atoms with van der Waals surface area (Å²) in [6.07, 6.45) is 2.34. The number of cyclic esters (lactones) is 1. The lowest BCUT2D eigenvalue weighted by Gasteiger charge is -2.13. The Balaban J connectivity index is 1.79. The van der Waals surface area contributed by atoms with Crippen LogP contribution in [0.1, 0.15) is 34.5 Å². The fourth-order valence-corrected chi connectivity index (χ4v) is 3.22. The molecule has 1 aromatic carbocycles. The van der Waals surface area contributed by atoms with Crippen LogP contribution in [-0.4, -0.2) is 29.6 Å². The fourth-order valence-electron chi connectivity index (χ4n) is 3.22. The average molecular weight is 297 g/mol. The van der Waals surface area contributed by atoms with E-state index in [9.17, 15) is 9.59 Å². The molecule has 0 unspecified atom stereocenters. The first kappa shape index (κ1) is 13.2. The van der Waals surface area contributed by atoms with E-state index in [2.05, 4.69) is 4.98 Å². The molecule has 1 aliphatic heterocycles. The van der Waals surface area contributed by atoms with Crippen LogP contribution in [0.5, 0.6) is 0 Å². The number of aromatic nitrogens is 1. The normalized spacial score (nSPS) is 20.0. The Morgan fingerprint density at radius 1 is 1.27 bits per heavy atom. The summed E-state index contributed by atoms with van der Waals surface area (Å²) in [4.78, 5) is 28.8. The zero-order valence-corrected chi connectivity index (χ0v) is 12.0. The molecule has 1 atom stereocenters. The molecule has 112 valence electrons. The van der Waals surface area contributed by atoms with Gasteiger partial charge in [0, 0.05) is 17.5 Å². The van der Waals surface area contributed by atoms with E-state index in [0.29, 0.717) is 18.6 Å². The van der Waals surface area contributed by atoms with Crippen molar-refractivity contribution in [1.82, 2.24) is 4.98 Å². The van der Waals surface area contributed by atoms with Gasteiger partial charge in [0.05, 0.1) is 17.7 Å². The van der Waals surface area contributed by atoms with Crippen molar-refractivity contribution in [3.63, 3.8) is 0 Å². The van der Waals surface area contributed by atoms with Crippen molar-refractivity contribution in [3.05, 3.63) is 41.1 Å². The Morgan fingerprint density at radius 2 is 2.14 bits per heavy atom. The summed E-state index contributed by atoms with van der Waals surface area (Å²) in [6.45, 7) is 0.311. The Hall–Kier alpha value is -2.43. The fraction of sp³-hybridized carbons (Fsp3) is 0.353. The number of esters is 2. The second kappa shape index (κ2) is 5.09. The Bertz CT molecular complexity index is 784. The van der Waals surface area contributed by atoms with Gasteiger partial charge in [0.25, 0.3) is 0 Å². The van der Waals surface area contributed by atoms with Gasteiger partial charge in [-0.25, -0.2) is 9.59 Å². The number of nitrogens with zero attached hydrogens (tertiary/aromatic N) is 1. The molecule has 0 spiro atoms. The summed E-state index contributed by atoms with van der Waals surface area (Å²) in [5, 5.41) is 0.791. The SMILES string of the molecule is O=C(O[C@H]1CCOC1=O)c1c2c(nc3ccccc13)CCC2. The number of aryl methyl sites for hydroxylation is 1. The van der Waals surface area contributed by atoms with Crippen LogP contribution in [0.25, 0.3) is 10.9 Å². The molecule has 1 fully saturated rings. The molecule has 0 N–H and O–H groups in total. The minimum atomic E-state index is -0.781. The van der Waals surface area contributed by atoms with Gasteiger partial charge in [-0.1, -0.05) is 18.2 Å². The van der Waals surface area contributed by atoms with Crippen LogP contribution >= 0.6 is 0 Å². The van der Waals surface area contributed by atoms with E-state index in [1.165, 1.54) is 0 Å². The average Bonchev–Trinajstić information content (AvgIpc) is 3.13. The molecule has 0 saturated carbocycles. The Kier molecular flexibility index (Phi) is 3.06. The first-order valence-corrected chi connectivity index (χ1v) is 7.52. The molecule has 2 aromatic rings. The zero-order valence-electron chi connectivity index (χ0n) is 12.0. The minimum absolute atomic E-state index is 0.311. The molecule has 2 heterocycles. The van der Waals surface area contributed by atoms with Gasteiger partial charge in [0.2, 0.25) is 6.10 Å². The molecule has 5 heteroatoms. The van der Waals surface area contributed by atoms with Crippen molar-refractivity contribution in [2.75, 3.05) is 6.61 Å². The number of carbonyl (C=O) groups excluding carboxylic acids is 2. The van der Waals surface area contributed by atoms with Gasteiger partial charge < -0.3 is 9.47 Å². The van der Waals surface area contributed by atoms with E-state index in [4.69, 9.17) is 9.47 Å². The first-order chi connectivity index (χ1) is 10.7. The molecule has 4 rings (SSSR count). The number of hydrogen-bond donors (Lipinski definition) is 0. The molecular formula is C17H15NO4. The van der Waals surface area contributed by atoms with Crippen molar-refractivity contribution in [2.45, 2.75) is 31.8 Å². The number of para-hydroxylation sites is 1. The van der Waals surface area contributed by atoms with Crippen molar-refractivity contribution < 1.29 is 19.1 Å². The number of carbonyl (C=O) groups is 2. The van der Waals surface area contributed by atoms with Gasteiger partial charge in [-0.15, -0.1) is 0 Å². The second-order valence-corrected chi connectivity index (χ2v) is 5.63. The quantitative estimate of drug-likeness (QED) is 0.795. The van der Waals surface area contributed by atoms with Crippen LogP contribution in [-0.2, 0) is 27.1 Å². The van der Waals surface area contributed by atoms with E-state index in [1.807, 2.05) is 24.3 Å². The lowest BCUT2D eigenvalue weighted by molar-refractivity contribution is -0.145. The van der Waals surface area contributed by atoms with E-state index >= 15 is 0 Å². The van der Waals surface area contributed by atoms with Crippen LogP contribution in [0.3, 0.4) is 0 Å². The molecular weight excluding hydrogens is 282 g/mol. The van der Waals surface area contributed by atoms with E-state index in [1.54, 1.807) is 0 Å². The summed E-state index contributed by atoms with van der Waals surface area (Å²) >= 11 is 0. The lowest BCUT2D eigenvalue weighted by atomic mass is 10.0. The molecule has 0 amide bonds. The highest BCUT2D eigenvalue weighted by Gasteiger charge is 2.32. The van der Waals surface area contributed by atoms with E-state index in [0.717, 1.165) is 41.4 Å². The summed E-state index contributed by atoms with van der Waals surface area (Å²) in [6, 6.07) is 7.56. The van der Waals surface area contributed by atoms with Crippen LogP contribution in [0.15, 0.2) is 24.3 Å². The summed E-state index contributed by atoms with van der Waals surface area (Å²) in [5.41, 5.74) is 3.30. The Labute approximate surface area is 127 Å². The molecule has 1 aliphatic carbocycles. The molecule has 22 heavy (non-hydrogen) atoms. The predicted molar refractivity (Wildman–Crippen MR) is 78.5 cm³/mol. The molecule has 0 bridgehead atoms.